The van der Waals surface area contributed by atoms with E-state index in [0.29, 0.717) is 15.6 Å². The first kappa shape index (κ1) is 13.4. The van der Waals surface area contributed by atoms with Crippen LogP contribution in [0, 0.1) is 0 Å². The van der Waals surface area contributed by atoms with Crippen molar-refractivity contribution in [2.24, 2.45) is 0 Å². The Morgan fingerprint density at radius 1 is 1.56 bits per heavy atom. The molecule has 98 valence electrons. The monoisotopic (exact) mass is 286 g/mol. The fraction of sp³-hybridized carbons (Fsp3) is 0.417. The Labute approximate surface area is 113 Å². The lowest BCUT2D eigenvalue weighted by molar-refractivity contribution is -0.120. The number of anilines is 1. The van der Waals surface area contributed by atoms with Crippen LogP contribution in [-0.2, 0) is 15.6 Å². The SMILES string of the molecule is CC(C(=O)NC1CC1)S(=O)c1cc(Cl)ccc1N. The van der Waals surface area contributed by atoms with Gasteiger partial charge in [-0.3, -0.25) is 9.00 Å². The summed E-state index contributed by atoms with van der Waals surface area (Å²) in [6.07, 6.45) is 2.01. The zero-order valence-corrected chi connectivity index (χ0v) is 11.6. The predicted octanol–water partition coefficient (Wildman–Crippen LogP) is 1.70. The molecule has 0 aromatic heterocycles. The maximum atomic E-state index is 12.3. The zero-order valence-electron chi connectivity index (χ0n) is 9.98. The molecule has 4 nitrogen and oxygen atoms in total. The van der Waals surface area contributed by atoms with Crippen LogP contribution in [0.1, 0.15) is 19.8 Å². The second-order valence-corrected chi connectivity index (χ2v) is 6.58. The molecular weight excluding hydrogens is 272 g/mol. The third kappa shape index (κ3) is 3.03. The lowest BCUT2D eigenvalue weighted by atomic mass is 10.3. The molecule has 0 bridgehead atoms. The van der Waals surface area contributed by atoms with Gasteiger partial charge in [-0.1, -0.05) is 11.6 Å². The normalized spacial score (nSPS) is 18.1. The van der Waals surface area contributed by atoms with Crippen molar-refractivity contribution in [3.63, 3.8) is 0 Å². The van der Waals surface area contributed by atoms with Crippen molar-refractivity contribution < 1.29 is 9.00 Å². The highest BCUT2D eigenvalue weighted by molar-refractivity contribution is 7.86. The van der Waals surface area contributed by atoms with Crippen LogP contribution >= 0.6 is 11.6 Å². The van der Waals surface area contributed by atoms with Crippen LogP contribution in [-0.4, -0.2) is 21.4 Å². The number of nitrogens with two attached hydrogens (primary N) is 1. The molecule has 6 heteroatoms. The fourth-order valence-corrected chi connectivity index (χ4v) is 2.94. The third-order valence-corrected chi connectivity index (χ3v) is 4.68. The molecule has 1 amide bonds. The van der Waals surface area contributed by atoms with Gasteiger partial charge in [-0.2, -0.15) is 0 Å². The molecule has 3 N–H and O–H groups in total. The molecule has 0 saturated heterocycles. The molecule has 0 heterocycles. The highest BCUT2D eigenvalue weighted by atomic mass is 35.5. The first-order valence-corrected chi connectivity index (χ1v) is 7.34. The first-order valence-electron chi connectivity index (χ1n) is 5.75. The molecule has 1 fully saturated rings. The summed E-state index contributed by atoms with van der Waals surface area (Å²) in [6, 6.07) is 5.04. The summed E-state index contributed by atoms with van der Waals surface area (Å²) in [5, 5.41) is 2.66. The molecule has 1 aliphatic carbocycles. The van der Waals surface area contributed by atoms with Gasteiger partial charge in [0, 0.05) is 16.8 Å². The average molecular weight is 287 g/mol. The molecule has 2 atom stereocenters. The van der Waals surface area contributed by atoms with E-state index in [2.05, 4.69) is 5.32 Å². The molecule has 0 radical (unpaired) electrons. The maximum Gasteiger partial charge on any atom is 0.236 e. The number of nitrogens with one attached hydrogen (secondary N) is 1. The van der Waals surface area contributed by atoms with Gasteiger partial charge in [0.05, 0.1) is 15.7 Å². The number of amides is 1. The number of benzene rings is 1. The molecule has 1 saturated carbocycles. The van der Waals surface area contributed by atoms with Gasteiger partial charge in [0.2, 0.25) is 5.91 Å². The molecule has 0 aliphatic heterocycles. The quantitative estimate of drug-likeness (QED) is 0.828. The van der Waals surface area contributed by atoms with Crippen LogP contribution in [0.4, 0.5) is 5.69 Å². The standard InChI is InChI=1S/C12H15ClN2O2S/c1-7(12(16)15-9-3-4-9)18(17)11-6-8(13)2-5-10(11)14/h2,5-7,9H,3-4,14H2,1H3,(H,15,16). The Morgan fingerprint density at radius 3 is 2.83 bits per heavy atom. The van der Waals surface area contributed by atoms with Crippen molar-refractivity contribution in [2.75, 3.05) is 5.73 Å². The van der Waals surface area contributed by atoms with E-state index in [9.17, 15) is 9.00 Å². The summed E-state index contributed by atoms with van der Waals surface area (Å²) in [4.78, 5) is 12.2. The second kappa shape index (κ2) is 5.28. The summed E-state index contributed by atoms with van der Waals surface area (Å²) in [6.45, 7) is 1.63. The van der Waals surface area contributed by atoms with E-state index in [1.54, 1.807) is 25.1 Å². The second-order valence-electron chi connectivity index (χ2n) is 4.40. The number of nitrogen functional groups attached to an aromatic ring is 1. The predicted molar refractivity (Wildman–Crippen MR) is 72.9 cm³/mol. The van der Waals surface area contributed by atoms with Gasteiger partial charge < -0.3 is 11.1 Å². The number of carbonyl (C=O) groups excluding carboxylic acids is 1. The van der Waals surface area contributed by atoms with E-state index in [0.717, 1.165) is 12.8 Å². The molecule has 2 unspecified atom stereocenters. The fourth-order valence-electron chi connectivity index (χ4n) is 1.52. The van der Waals surface area contributed by atoms with Crippen LogP contribution in [0.25, 0.3) is 0 Å². The van der Waals surface area contributed by atoms with E-state index in [4.69, 9.17) is 17.3 Å². The average Bonchev–Trinajstić information content (AvgIpc) is 3.14. The molecule has 0 spiro atoms. The molecule has 2 rings (SSSR count). The summed E-state index contributed by atoms with van der Waals surface area (Å²) in [5.41, 5.74) is 6.15. The van der Waals surface area contributed by atoms with E-state index in [1.807, 2.05) is 0 Å². The lowest BCUT2D eigenvalue weighted by Gasteiger charge is -2.13. The van der Waals surface area contributed by atoms with Gasteiger partial charge in [0.25, 0.3) is 0 Å². The molecular formula is C12H15ClN2O2S. The van der Waals surface area contributed by atoms with Crippen LogP contribution in [0.5, 0.6) is 0 Å². The number of rotatable bonds is 4. The summed E-state index contributed by atoms with van der Waals surface area (Å²) >= 11 is 5.85. The van der Waals surface area contributed by atoms with Crippen molar-refractivity contribution in [1.82, 2.24) is 5.32 Å². The number of hydrogen-bond donors (Lipinski definition) is 2. The van der Waals surface area contributed by atoms with Gasteiger partial charge in [0.1, 0.15) is 5.25 Å². The Bertz CT molecular complexity index is 503. The Morgan fingerprint density at radius 2 is 2.22 bits per heavy atom. The van der Waals surface area contributed by atoms with Crippen LogP contribution in [0.3, 0.4) is 0 Å². The largest absolute Gasteiger partial charge is 0.398 e. The Hall–Kier alpha value is -1.07. The zero-order chi connectivity index (χ0) is 13.3. The van der Waals surface area contributed by atoms with E-state index in [-0.39, 0.29) is 11.9 Å². The van der Waals surface area contributed by atoms with Gasteiger partial charge in [0.15, 0.2) is 0 Å². The van der Waals surface area contributed by atoms with E-state index in [1.165, 1.54) is 0 Å². The van der Waals surface area contributed by atoms with Crippen LogP contribution in [0.2, 0.25) is 5.02 Å². The minimum atomic E-state index is -1.49. The first-order chi connectivity index (χ1) is 8.49. The van der Waals surface area contributed by atoms with Gasteiger partial charge in [-0.25, -0.2) is 0 Å². The molecule has 1 aromatic rings. The minimum Gasteiger partial charge on any atom is -0.398 e. The van der Waals surface area contributed by atoms with Crippen molar-refractivity contribution in [3.8, 4) is 0 Å². The van der Waals surface area contributed by atoms with Gasteiger partial charge in [-0.05, 0) is 38.0 Å². The van der Waals surface area contributed by atoms with E-state index < -0.39 is 16.0 Å². The summed E-state index contributed by atoms with van der Waals surface area (Å²) in [5.74, 6) is -0.199. The smallest absolute Gasteiger partial charge is 0.236 e. The van der Waals surface area contributed by atoms with Gasteiger partial charge in [-0.15, -0.1) is 0 Å². The maximum absolute atomic E-state index is 12.3. The topological polar surface area (TPSA) is 72.2 Å². The van der Waals surface area contributed by atoms with Crippen molar-refractivity contribution in [1.29, 1.82) is 0 Å². The number of hydrogen-bond acceptors (Lipinski definition) is 3. The highest BCUT2D eigenvalue weighted by Crippen LogP contribution is 2.24. The van der Waals surface area contributed by atoms with Crippen molar-refractivity contribution >= 4 is 34.0 Å². The third-order valence-electron chi connectivity index (χ3n) is 2.81. The Kier molecular flexibility index (Phi) is 3.92. The lowest BCUT2D eigenvalue weighted by Crippen LogP contribution is -2.36. The molecule has 18 heavy (non-hydrogen) atoms. The van der Waals surface area contributed by atoms with Gasteiger partial charge >= 0.3 is 0 Å². The number of halogens is 1. The van der Waals surface area contributed by atoms with E-state index >= 15 is 0 Å². The number of carbonyl (C=O) groups is 1. The van der Waals surface area contributed by atoms with Crippen LogP contribution in [0.15, 0.2) is 23.1 Å². The Balaban J connectivity index is 2.13. The molecule has 1 aliphatic rings. The van der Waals surface area contributed by atoms with Crippen LogP contribution < -0.4 is 11.1 Å². The summed E-state index contributed by atoms with van der Waals surface area (Å²) in [7, 11) is -1.49. The van der Waals surface area contributed by atoms with Crippen molar-refractivity contribution in [2.45, 2.75) is 36.0 Å². The van der Waals surface area contributed by atoms with Crippen molar-refractivity contribution in [3.05, 3.63) is 23.2 Å². The minimum absolute atomic E-state index is 0.199. The highest BCUT2D eigenvalue weighted by Gasteiger charge is 2.29. The molecule has 1 aromatic carbocycles. The summed E-state index contributed by atoms with van der Waals surface area (Å²) < 4.78 is 12.3.